The van der Waals surface area contributed by atoms with Crippen molar-refractivity contribution in [2.45, 2.75) is 45.8 Å². The molecule has 3 heteroatoms. The zero-order valence-electron chi connectivity index (χ0n) is 11.4. The molecule has 0 radical (unpaired) electrons. The van der Waals surface area contributed by atoms with E-state index in [1.54, 1.807) is 0 Å². The lowest BCUT2D eigenvalue weighted by molar-refractivity contribution is 0.141. The third kappa shape index (κ3) is 2.81. The van der Waals surface area contributed by atoms with Gasteiger partial charge in [-0.2, -0.15) is 0 Å². The molecular weight excluding hydrogens is 246 g/mol. The number of likely N-dealkylation sites (N-methyl/N-ethyl adjacent to an activating group) is 1. The molecule has 0 aliphatic heterocycles. The molecule has 2 unspecified atom stereocenters. The van der Waals surface area contributed by atoms with E-state index in [4.69, 9.17) is 16.3 Å². The molecule has 0 spiro atoms. The summed E-state index contributed by atoms with van der Waals surface area (Å²) in [5.74, 6) is 0.796. The Morgan fingerprint density at radius 2 is 2.11 bits per heavy atom. The third-order valence-electron chi connectivity index (χ3n) is 3.83. The van der Waals surface area contributed by atoms with Gasteiger partial charge in [0.25, 0.3) is 0 Å². The Morgan fingerprint density at radius 1 is 1.39 bits per heavy atom. The van der Waals surface area contributed by atoms with Gasteiger partial charge < -0.3 is 10.1 Å². The standard InChI is InChI=1S/C15H22ClNO/c1-4-17-14-13(9-10-15(14,2)3)18-12-8-6-5-7-11(12)16/h5-8,13-14,17H,4,9-10H2,1-3H3. The number of ether oxygens (including phenoxy) is 1. The van der Waals surface area contributed by atoms with E-state index in [1.807, 2.05) is 24.3 Å². The molecule has 0 saturated heterocycles. The number of hydrogen-bond donors (Lipinski definition) is 1. The average Bonchev–Trinajstić information content (AvgIpc) is 2.60. The Bertz CT molecular complexity index is 405. The molecule has 2 atom stereocenters. The fourth-order valence-electron chi connectivity index (χ4n) is 2.80. The van der Waals surface area contributed by atoms with E-state index < -0.39 is 0 Å². The van der Waals surface area contributed by atoms with Crippen LogP contribution in [0.25, 0.3) is 0 Å². The van der Waals surface area contributed by atoms with Gasteiger partial charge in [0.2, 0.25) is 0 Å². The van der Waals surface area contributed by atoms with Crippen LogP contribution in [0, 0.1) is 5.41 Å². The second-order valence-corrected chi connectivity index (χ2v) is 6.06. The zero-order chi connectivity index (χ0) is 13.2. The van der Waals surface area contributed by atoms with Gasteiger partial charge in [0, 0.05) is 6.04 Å². The first kappa shape index (κ1) is 13.7. The van der Waals surface area contributed by atoms with Crippen LogP contribution in [0.5, 0.6) is 5.75 Å². The van der Waals surface area contributed by atoms with E-state index in [0.29, 0.717) is 11.1 Å². The Labute approximate surface area is 115 Å². The number of benzene rings is 1. The van der Waals surface area contributed by atoms with Crippen molar-refractivity contribution in [3.05, 3.63) is 29.3 Å². The monoisotopic (exact) mass is 267 g/mol. The quantitative estimate of drug-likeness (QED) is 0.894. The molecule has 1 saturated carbocycles. The van der Waals surface area contributed by atoms with Gasteiger partial charge in [-0.05, 0) is 36.9 Å². The van der Waals surface area contributed by atoms with Crippen molar-refractivity contribution < 1.29 is 4.74 Å². The number of halogens is 1. The predicted molar refractivity (Wildman–Crippen MR) is 76.3 cm³/mol. The summed E-state index contributed by atoms with van der Waals surface area (Å²) >= 11 is 6.15. The van der Waals surface area contributed by atoms with Gasteiger partial charge in [0.05, 0.1) is 5.02 Å². The lowest BCUT2D eigenvalue weighted by Crippen LogP contribution is -2.46. The summed E-state index contributed by atoms with van der Waals surface area (Å²) in [4.78, 5) is 0. The SMILES string of the molecule is CCNC1C(Oc2ccccc2Cl)CCC1(C)C. The maximum absolute atomic E-state index is 6.15. The highest BCUT2D eigenvalue weighted by Gasteiger charge is 2.42. The summed E-state index contributed by atoms with van der Waals surface area (Å²) in [5.41, 5.74) is 0.280. The van der Waals surface area contributed by atoms with Gasteiger partial charge in [-0.3, -0.25) is 0 Å². The molecule has 1 aliphatic rings. The van der Waals surface area contributed by atoms with Crippen molar-refractivity contribution in [1.82, 2.24) is 5.32 Å². The summed E-state index contributed by atoms with van der Waals surface area (Å²) in [5, 5.41) is 4.25. The van der Waals surface area contributed by atoms with Crippen molar-refractivity contribution >= 4 is 11.6 Å². The third-order valence-corrected chi connectivity index (χ3v) is 4.14. The van der Waals surface area contributed by atoms with E-state index in [1.165, 1.54) is 6.42 Å². The Balaban J connectivity index is 2.12. The van der Waals surface area contributed by atoms with Crippen molar-refractivity contribution in [2.75, 3.05) is 6.54 Å². The van der Waals surface area contributed by atoms with Crippen LogP contribution < -0.4 is 10.1 Å². The topological polar surface area (TPSA) is 21.3 Å². The molecule has 0 amide bonds. The Morgan fingerprint density at radius 3 is 2.78 bits per heavy atom. The van der Waals surface area contributed by atoms with Gasteiger partial charge in [-0.1, -0.05) is 44.5 Å². The predicted octanol–water partition coefficient (Wildman–Crippen LogP) is 3.89. The van der Waals surface area contributed by atoms with Gasteiger partial charge >= 0.3 is 0 Å². The summed E-state index contributed by atoms with van der Waals surface area (Å²) in [6.45, 7) is 7.71. The highest BCUT2D eigenvalue weighted by molar-refractivity contribution is 6.32. The number of rotatable bonds is 4. The summed E-state index contributed by atoms with van der Waals surface area (Å²) in [6, 6.07) is 8.09. The van der Waals surface area contributed by atoms with Crippen LogP contribution in [-0.2, 0) is 0 Å². The van der Waals surface area contributed by atoms with Gasteiger partial charge in [-0.25, -0.2) is 0 Å². The van der Waals surface area contributed by atoms with Crippen LogP contribution in [0.1, 0.15) is 33.6 Å². The van der Waals surface area contributed by atoms with E-state index >= 15 is 0 Å². The second-order valence-electron chi connectivity index (χ2n) is 5.65. The lowest BCUT2D eigenvalue weighted by atomic mass is 9.87. The van der Waals surface area contributed by atoms with Crippen molar-refractivity contribution in [1.29, 1.82) is 0 Å². The second kappa shape index (κ2) is 5.50. The molecule has 1 fully saturated rings. The molecule has 1 aromatic rings. The summed E-state index contributed by atoms with van der Waals surface area (Å²) in [6.07, 6.45) is 2.47. The van der Waals surface area contributed by atoms with E-state index in [-0.39, 0.29) is 11.5 Å². The minimum absolute atomic E-state index is 0.208. The normalized spacial score (nSPS) is 26.2. The fraction of sp³-hybridized carbons (Fsp3) is 0.600. The number of nitrogens with one attached hydrogen (secondary N) is 1. The molecule has 0 aromatic heterocycles. The molecule has 100 valence electrons. The van der Waals surface area contributed by atoms with E-state index in [9.17, 15) is 0 Å². The fourth-order valence-corrected chi connectivity index (χ4v) is 2.98. The van der Waals surface area contributed by atoms with Gasteiger partial charge in [0.1, 0.15) is 11.9 Å². The average molecular weight is 268 g/mol. The summed E-state index contributed by atoms with van der Waals surface area (Å²) in [7, 11) is 0. The zero-order valence-corrected chi connectivity index (χ0v) is 12.1. The summed E-state index contributed by atoms with van der Waals surface area (Å²) < 4.78 is 6.11. The molecule has 0 heterocycles. The Hall–Kier alpha value is -0.730. The first-order chi connectivity index (χ1) is 8.54. The molecule has 18 heavy (non-hydrogen) atoms. The first-order valence-corrected chi connectivity index (χ1v) is 7.07. The molecule has 2 nitrogen and oxygen atoms in total. The van der Waals surface area contributed by atoms with Crippen LogP contribution in [0.4, 0.5) is 0 Å². The van der Waals surface area contributed by atoms with Gasteiger partial charge in [0.15, 0.2) is 0 Å². The van der Waals surface area contributed by atoms with E-state index in [0.717, 1.165) is 18.7 Å². The molecular formula is C15H22ClNO. The molecule has 1 aromatic carbocycles. The van der Waals surface area contributed by atoms with Crippen molar-refractivity contribution in [3.63, 3.8) is 0 Å². The number of hydrogen-bond acceptors (Lipinski definition) is 2. The largest absolute Gasteiger partial charge is 0.487 e. The first-order valence-electron chi connectivity index (χ1n) is 6.69. The van der Waals surface area contributed by atoms with Crippen molar-refractivity contribution in [2.24, 2.45) is 5.41 Å². The minimum Gasteiger partial charge on any atom is -0.487 e. The van der Waals surface area contributed by atoms with Crippen LogP contribution in [-0.4, -0.2) is 18.7 Å². The molecule has 2 rings (SSSR count). The van der Waals surface area contributed by atoms with Crippen LogP contribution >= 0.6 is 11.6 Å². The Kier molecular flexibility index (Phi) is 4.18. The molecule has 1 N–H and O–H groups in total. The smallest absolute Gasteiger partial charge is 0.138 e. The molecule has 0 bridgehead atoms. The molecule has 1 aliphatic carbocycles. The highest BCUT2D eigenvalue weighted by atomic mass is 35.5. The van der Waals surface area contributed by atoms with Crippen LogP contribution in [0.15, 0.2) is 24.3 Å². The van der Waals surface area contributed by atoms with Crippen molar-refractivity contribution in [3.8, 4) is 5.75 Å². The van der Waals surface area contributed by atoms with Crippen LogP contribution in [0.3, 0.4) is 0 Å². The minimum atomic E-state index is 0.208. The van der Waals surface area contributed by atoms with Crippen LogP contribution in [0.2, 0.25) is 5.02 Å². The lowest BCUT2D eigenvalue weighted by Gasteiger charge is -2.31. The maximum Gasteiger partial charge on any atom is 0.138 e. The maximum atomic E-state index is 6.15. The highest BCUT2D eigenvalue weighted by Crippen LogP contribution is 2.40. The van der Waals surface area contributed by atoms with Gasteiger partial charge in [-0.15, -0.1) is 0 Å². The van der Waals surface area contributed by atoms with E-state index in [2.05, 4.69) is 26.1 Å². The number of para-hydroxylation sites is 1.